The number of methoxy groups -OCH3 is 1. The molecule has 0 bridgehead atoms. The molecule has 2 aromatic carbocycles. The highest BCUT2D eigenvalue weighted by Gasteiger charge is 2.37. The van der Waals surface area contributed by atoms with E-state index in [2.05, 4.69) is 49.4 Å². The lowest BCUT2D eigenvalue weighted by Gasteiger charge is -2.38. The molecule has 2 fully saturated rings. The standard InChI is InChI=1S/C34H45F3N7O4P/c1-21-17-26(29(46-4)18-27(21)43-12-9-22(10-13-43)44-14-11-23(20-44)42(2)3)40-33-38-19-24(34(35,36)37)32(41-33)39-25-7-8-28-30(48-16-15-47-28)31(25)49(5,6)45/h7-8,17-19,22-23H,9-16,20H2,1-6H3,(H2,38,39,40,41)/t23-/m0/s1. The Labute approximate surface area is 285 Å². The Hall–Kier alpha value is -3.74. The van der Waals surface area contributed by atoms with Crippen molar-refractivity contribution in [2.24, 2.45) is 0 Å². The van der Waals surface area contributed by atoms with Crippen LogP contribution in [0.15, 0.2) is 30.5 Å². The van der Waals surface area contributed by atoms with Crippen LogP contribution in [0.5, 0.6) is 17.2 Å². The smallest absolute Gasteiger partial charge is 0.421 e. The van der Waals surface area contributed by atoms with Crippen LogP contribution in [0.1, 0.15) is 30.4 Å². The molecule has 1 atom stereocenters. The average molecular weight is 704 g/mol. The fourth-order valence-corrected chi connectivity index (χ4v) is 8.38. The van der Waals surface area contributed by atoms with Crippen molar-refractivity contribution < 1.29 is 31.9 Å². The number of hydrogen-bond donors (Lipinski definition) is 2. The number of likely N-dealkylation sites (tertiary alicyclic amines) is 1. The maximum absolute atomic E-state index is 14.2. The van der Waals surface area contributed by atoms with Crippen LogP contribution < -0.4 is 35.0 Å². The Morgan fingerprint density at radius 1 is 1.02 bits per heavy atom. The van der Waals surface area contributed by atoms with Crippen molar-refractivity contribution in [2.45, 2.75) is 44.4 Å². The van der Waals surface area contributed by atoms with Crippen LogP contribution in [0.3, 0.4) is 0 Å². The third-order valence-electron chi connectivity index (χ3n) is 9.58. The summed E-state index contributed by atoms with van der Waals surface area (Å²) in [4.78, 5) is 15.6. The quantitative estimate of drug-likeness (QED) is 0.260. The summed E-state index contributed by atoms with van der Waals surface area (Å²) in [7, 11) is 2.80. The number of rotatable bonds is 9. The van der Waals surface area contributed by atoms with Gasteiger partial charge < -0.3 is 39.2 Å². The van der Waals surface area contributed by atoms with Gasteiger partial charge in [0.1, 0.15) is 37.5 Å². The number of fused-ring (bicyclic) bond motifs is 1. The highest BCUT2D eigenvalue weighted by Crippen LogP contribution is 2.47. The van der Waals surface area contributed by atoms with E-state index in [1.165, 1.54) is 25.8 Å². The van der Waals surface area contributed by atoms with Crippen molar-refractivity contribution in [3.8, 4) is 17.2 Å². The Morgan fingerprint density at radius 2 is 1.76 bits per heavy atom. The summed E-state index contributed by atoms with van der Waals surface area (Å²) in [5.41, 5.74) is 1.66. The second kappa shape index (κ2) is 13.9. The molecule has 3 aromatic rings. The third kappa shape index (κ3) is 7.56. The molecule has 11 nitrogen and oxygen atoms in total. The largest absolute Gasteiger partial charge is 0.494 e. The van der Waals surface area contributed by atoms with Gasteiger partial charge in [-0.2, -0.15) is 18.2 Å². The van der Waals surface area contributed by atoms with Gasteiger partial charge in [0.2, 0.25) is 5.95 Å². The topological polar surface area (TPSA) is 104 Å². The van der Waals surface area contributed by atoms with Crippen LogP contribution in [0.25, 0.3) is 0 Å². The van der Waals surface area contributed by atoms with E-state index < -0.39 is 24.7 Å². The van der Waals surface area contributed by atoms with Crippen LogP contribution >= 0.6 is 7.14 Å². The van der Waals surface area contributed by atoms with Gasteiger partial charge in [0.15, 0.2) is 11.5 Å². The Morgan fingerprint density at radius 3 is 2.41 bits per heavy atom. The number of hydrogen-bond acceptors (Lipinski definition) is 11. The van der Waals surface area contributed by atoms with Gasteiger partial charge in [-0.15, -0.1) is 0 Å². The molecule has 6 rings (SSSR count). The van der Waals surface area contributed by atoms with E-state index >= 15 is 0 Å². The molecule has 0 aliphatic carbocycles. The molecule has 266 valence electrons. The SMILES string of the molecule is COc1cc(N2CCC(N3CC[C@H](N(C)C)C3)CC2)c(C)cc1Nc1ncc(C(F)(F)F)c(Nc2ccc3c(c2P(C)(C)=O)OCCO3)n1. The fourth-order valence-electron chi connectivity index (χ4n) is 7.01. The summed E-state index contributed by atoms with van der Waals surface area (Å²) >= 11 is 0. The zero-order chi connectivity index (χ0) is 35.1. The number of anilines is 5. The van der Waals surface area contributed by atoms with Gasteiger partial charge in [-0.1, -0.05) is 0 Å². The number of aryl methyl sites for hydroxylation is 1. The Bertz CT molecular complexity index is 1730. The van der Waals surface area contributed by atoms with Crippen LogP contribution in [0, 0.1) is 6.92 Å². The molecular formula is C34H45F3N7O4P. The molecule has 0 radical (unpaired) electrons. The molecule has 15 heteroatoms. The van der Waals surface area contributed by atoms with E-state index in [-0.39, 0.29) is 29.3 Å². The van der Waals surface area contributed by atoms with Gasteiger partial charge in [0, 0.05) is 56.2 Å². The molecule has 2 N–H and O–H groups in total. The minimum atomic E-state index is -4.76. The fraction of sp³-hybridized carbons (Fsp3) is 0.529. The van der Waals surface area contributed by atoms with E-state index in [0.717, 1.165) is 56.5 Å². The first-order valence-electron chi connectivity index (χ1n) is 16.5. The molecule has 3 aliphatic heterocycles. The van der Waals surface area contributed by atoms with Crippen molar-refractivity contribution >= 4 is 41.3 Å². The summed E-state index contributed by atoms with van der Waals surface area (Å²) in [5, 5.41) is 6.11. The van der Waals surface area contributed by atoms with Crippen LogP contribution in [-0.4, -0.2) is 106 Å². The van der Waals surface area contributed by atoms with Gasteiger partial charge >= 0.3 is 6.18 Å². The lowest BCUT2D eigenvalue weighted by Crippen LogP contribution is -2.45. The predicted octanol–water partition coefficient (Wildman–Crippen LogP) is 5.92. The number of ether oxygens (including phenoxy) is 3. The number of benzene rings is 2. The van der Waals surface area contributed by atoms with E-state index in [4.69, 9.17) is 14.2 Å². The number of nitrogens with one attached hydrogen (secondary N) is 2. The van der Waals surface area contributed by atoms with Gasteiger partial charge in [-0.3, -0.25) is 4.90 Å². The molecule has 49 heavy (non-hydrogen) atoms. The second-order valence-corrected chi connectivity index (χ2v) is 16.6. The van der Waals surface area contributed by atoms with Crippen LogP contribution in [-0.2, 0) is 10.7 Å². The third-order valence-corrected chi connectivity index (χ3v) is 11.1. The minimum absolute atomic E-state index is 0.0707. The molecule has 2 saturated heterocycles. The van der Waals surface area contributed by atoms with E-state index in [9.17, 15) is 17.7 Å². The monoisotopic (exact) mass is 703 g/mol. The lowest BCUT2D eigenvalue weighted by molar-refractivity contribution is -0.137. The summed E-state index contributed by atoms with van der Waals surface area (Å²) in [6, 6.07) is 8.15. The zero-order valence-corrected chi connectivity index (χ0v) is 29.8. The maximum Gasteiger partial charge on any atom is 0.421 e. The highest BCUT2D eigenvalue weighted by atomic mass is 31.2. The number of halogens is 3. The van der Waals surface area contributed by atoms with Crippen molar-refractivity contribution in [3.05, 3.63) is 41.6 Å². The molecule has 3 aliphatic rings. The normalized spacial score (nSPS) is 19.0. The lowest BCUT2D eigenvalue weighted by atomic mass is 10.0. The number of nitrogens with zero attached hydrogens (tertiary/aromatic N) is 5. The zero-order valence-electron chi connectivity index (χ0n) is 28.9. The van der Waals surface area contributed by atoms with E-state index in [1.54, 1.807) is 13.2 Å². The number of piperidine rings is 1. The summed E-state index contributed by atoms with van der Waals surface area (Å²) in [6.45, 7) is 9.70. The molecule has 4 heterocycles. The van der Waals surface area contributed by atoms with Crippen LogP contribution in [0.2, 0.25) is 0 Å². The highest BCUT2D eigenvalue weighted by molar-refractivity contribution is 7.70. The van der Waals surface area contributed by atoms with E-state index in [1.807, 2.05) is 19.1 Å². The summed E-state index contributed by atoms with van der Waals surface area (Å²) in [6.07, 6.45) is -0.673. The van der Waals surface area contributed by atoms with E-state index in [0.29, 0.717) is 35.9 Å². The second-order valence-electron chi connectivity index (χ2n) is 13.5. The molecular weight excluding hydrogens is 658 g/mol. The first-order chi connectivity index (χ1) is 23.2. The number of likely N-dealkylation sites (N-methyl/N-ethyl adjacent to an activating group) is 1. The van der Waals surface area contributed by atoms with Gasteiger partial charge in [-0.05, 0) is 77.4 Å². The molecule has 0 amide bonds. The van der Waals surface area contributed by atoms with Crippen molar-refractivity contribution in [1.82, 2.24) is 19.8 Å². The molecule has 0 spiro atoms. The average Bonchev–Trinajstić information content (AvgIpc) is 3.55. The first-order valence-corrected chi connectivity index (χ1v) is 19.1. The molecule has 0 saturated carbocycles. The van der Waals surface area contributed by atoms with Gasteiger partial charge in [0.25, 0.3) is 0 Å². The Kier molecular flexibility index (Phi) is 9.94. The van der Waals surface area contributed by atoms with Crippen molar-refractivity contribution in [3.63, 3.8) is 0 Å². The van der Waals surface area contributed by atoms with Crippen molar-refractivity contribution in [1.29, 1.82) is 0 Å². The Balaban J connectivity index is 1.24. The number of aromatic nitrogens is 2. The van der Waals surface area contributed by atoms with Crippen LogP contribution in [0.4, 0.5) is 42.0 Å². The summed E-state index contributed by atoms with van der Waals surface area (Å²) in [5.74, 6) is 0.585. The number of alkyl halides is 3. The van der Waals surface area contributed by atoms with Gasteiger partial charge in [0.05, 0.1) is 23.8 Å². The molecule has 1 aromatic heterocycles. The predicted molar refractivity (Wildman–Crippen MR) is 187 cm³/mol. The molecule has 0 unspecified atom stereocenters. The van der Waals surface area contributed by atoms with Crippen molar-refractivity contribution in [2.75, 3.05) is 89.5 Å². The first kappa shape index (κ1) is 35.1. The summed E-state index contributed by atoms with van der Waals surface area (Å²) < 4.78 is 73.1. The maximum atomic E-state index is 14.2. The minimum Gasteiger partial charge on any atom is -0.494 e. The van der Waals surface area contributed by atoms with Gasteiger partial charge in [-0.25, -0.2) is 4.98 Å².